The number of guanidine groups is 1. The molecule has 19 heavy (non-hydrogen) atoms. The van der Waals surface area contributed by atoms with Gasteiger partial charge in [-0.15, -0.1) is 24.0 Å². The van der Waals surface area contributed by atoms with Crippen molar-refractivity contribution in [1.29, 1.82) is 0 Å². The Labute approximate surface area is 134 Å². The molecular weight excluding hydrogens is 355 g/mol. The quantitative estimate of drug-likeness (QED) is 0.314. The van der Waals surface area contributed by atoms with Gasteiger partial charge in [-0.3, -0.25) is 4.99 Å². The van der Waals surface area contributed by atoms with Crippen LogP contribution in [0.25, 0.3) is 0 Å². The highest BCUT2D eigenvalue weighted by atomic mass is 127. The highest BCUT2D eigenvalue weighted by Gasteiger charge is 2.21. The monoisotopic (exact) mass is 384 g/mol. The number of nitrogens with zero attached hydrogens (tertiary/aromatic N) is 2. The van der Waals surface area contributed by atoms with Gasteiger partial charge >= 0.3 is 0 Å². The van der Waals surface area contributed by atoms with E-state index in [2.05, 4.69) is 29.1 Å². The van der Waals surface area contributed by atoms with Crippen molar-refractivity contribution < 1.29 is 4.74 Å². The van der Waals surface area contributed by atoms with Crippen LogP contribution in [0.1, 0.15) is 26.7 Å². The summed E-state index contributed by atoms with van der Waals surface area (Å²) < 4.78 is 4.95. The maximum Gasteiger partial charge on any atom is 0.188 e. The number of rotatable bonds is 6. The van der Waals surface area contributed by atoms with Crippen molar-refractivity contribution in [3.8, 4) is 0 Å². The molecule has 0 aromatic heterocycles. The third kappa shape index (κ3) is 7.94. The number of methoxy groups -OCH3 is 1. The number of ether oxygens (including phenoxy) is 1. The second kappa shape index (κ2) is 10.7. The second-order valence-electron chi connectivity index (χ2n) is 5.24. The molecule has 6 heteroatoms. The van der Waals surface area contributed by atoms with Crippen LogP contribution in [0.3, 0.4) is 0 Å². The number of halogens is 1. The lowest BCUT2D eigenvalue weighted by atomic mass is 9.97. The van der Waals surface area contributed by atoms with Gasteiger partial charge in [-0.2, -0.15) is 0 Å². The molecule has 0 radical (unpaired) electrons. The van der Waals surface area contributed by atoms with Crippen LogP contribution >= 0.6 is 24.0 Å². The van der Waals surface area contributed by atoms with Crippen molar-refractivity contribution >= 4 is 29.9 Å². The number of likely N-dealkylation sites (tertiary alicyclic amines) is 1. The number of hydrogen-bond donors (Lipinski definition) is 2. The van der Waals surface area contributed by atoms with Crippen molar-refractivity contribution in [3.63, 3.8) is 0 Å². The molecule has 1 saturated heterocycles. The number of nitrogens with one attached hydrogen (secondary N) is 1. The van der Waals surface area contributed by atoms with E-state index >= 15 is 0 Å². The van der Waals surface area contributed by atoms with Gasteiger partial charge < -0.3 is 20.7 Å². The molecule has 0 bridgehead atoms. The molecule has 1 atom stereocenters. The minimum atomic E-state index is 0. The summed E-state index contributed by atoms with van der Waals surface area (Å²) in [5, 5.41) is 3.05. The first kappa shape index (κ1) is 18.9. The molecule has 1 unspecified atom stereocenters. The van der Waals surface area contributed by atoms with Gasteiger partial charge in [0.1, 0.15) is 0 Å². The molecule has 0 aliphatic carbocycles. The summed E-state index contributed by atoms with van der Waals surface area (Å²) >= 11 is 0. The minimum Gasteiger partial charge on any atom is -0.383 e. The van der Waals surface area contributed by atoms with Crippen molar-refractivity contribution in [1.82, 2.24) is 10.2 Å². The Morgan fingerprint density at radius 3 is 2.89 bits per heavy atom. The first-order chi connectivity index (χ1) is 8.63. The summed E-state index contributed by atoms with van der Waals surface area (Å²) in [4.78, 5) is 6.94. The Kier molecular flexibility index (Phi) is 10.6. The summed E-state index contributed by atoms with van der Waals surface area (Å²) in [6, 6.07) is 0.633. The fourth-order valence-electron chi connectivity index (χ4n) is 2.28. The summed E-state index contributed by atoms with van der Waals surface area (Å²) in [5.41, 5.74) is 5.80. The van der Waals surface area contributed by atoms with E-state index in [4.69, 9.17) is 10.5 Å². The molecule has 114 valence electrons. The largest absolute Gasteiger partial charge is 0.383 e. The van der Waals surface area contributed by atoms with Crippen LogP contribution in [0, 0.1) is 5.92 Å². The van der Waals surface area contributed by atoms with Crippen molar-refractivity contribution in [2.45, 2.75) is 32.7 Å². The van der Waals surface area contributed by atoms with E-state index in [0.29, 0.717) is 31.1 Å². The van der Waals surface area contributed by atoms with E-state index in [0.717, 1.165) is 13.1 Å². The van der Waals surface area contributed by atoms with Crippen LogP contribution in [0.15, 0.2) is 4.99 Å². The van der Waals surface area contributed by atoms with Crippen LogP contribution in [0.4, 0.5) is 0 Å². The van der Waals surface area contributed by atoms with Crippen LogP contribution in [-0.4, -0.2) is 56.8 Å². The molecule has 0 spiro atoms. The molecule has 1 rings (SSSR count). The molecule has 1 aliphatic rings. The Balaban J connectivity index is 0.00000324. The molecule has 0 aromatic carbocycles. The zero-order valence-electron chi connectivity index (χ0n) is 12.4. The lowest BCUT2D eigenvalue weighted by Crippen LogP contribution is -2.41. The lowest BCUT2D eigenvalue weighted by molar-refractivity contribution is 0.143. The van der Waals surface area contributed by atoms with E-state index < -0.39 is 0 Å². The molecule has 0 saturated carbocycles. The van der Waals surface area contributed by atoms with Gasteiger partial charge in [0.2, 0.25) is 0 Å². The third-order valence-corrected chi connectivity index (χ3v) is 3.41. The first-order valence-corrected chi connectivity index (χ1v) is 6.90. The molecule has 3 N–H and O–H groups in total. The highest BCUT2D eigenvalue weighted by molar-refractivity contribution is 14.0. The molecule has 5 nitrogen and oxygen atoms in total. The lowest BCUT2D eigenvalue weighted by Gasteiger charge is -2.34. The summed E-state index contributed by atoms with van der Waals surface area (Å²) in [6.07, 6.45) is 2.54. The van der Waals surface area contributed by atoms with Crippen LogP contribution in [0.2, 0.25) is 0 Å². The standard InChI is InChI=1S/C13H28N4O.HI/c1-11(2)17-7-4-5-12(10-17)9-16-13(14)15-6-8-18-3;/h11-12H,4-10H2,1-3H3,(H3,14,15,16);1H. The predicted molar refractivity (Wildman–Crippen MR) is 91.2 cm³/mol. The third-order valence-electron chi connectivity index (χ3n) is 3.41. The predicted octanol–water partition coefficient (Wildman–Crippen LogP) is 1.28. The minimum absolute atomic E-state index is 0. The fraction of sp³-hybridized carbons (Fsp3) is 0.923. The molecule has 1 aliphatic heterocycles. The smallest absolute Gasteiger partial charge is 0.188 e. The molecule has 0 aromatic rings. The normalized spacial score (nSPS) is 21.3. The van der Waals surface area contributed by atoms with Gasteiger partial charge in [-0.25, -0.2) is 0 Å². The molecule has 1 heterocycles. The highest BCUT2D eigenvalue weighted by Crippen LogP contribution is 2.18. The summed E-state index contributed by atoms with van der Waals surface area (Å²) in [5.74, 6) is 1.18. The van der Waals surface area contributed by atoms with Gasteiger partial charge in [0.15, 0.2) is 5.96 Å². The van der Waals surface area contributed by atoms with Crippen molar-refractivity contribution in [2.24, 2.45) is 16.6 Å². The molecule has 1 fully saturated rings. The van der Waals surface area contributed by atoms with Gasteiger partial charge in [0.05, 0.1) is 6.61 Å². The maximum absolute atomic E-state index is 5.80. The second-order valence-corrected chi connectivity index (χ2v) is 5.24. The average Bonchev–Trinajstić information content (AvgIpc) is 2.37. The fourth-order valence-corrected chi connectivity index (χ4v) is 2.28. The van der Waals surface area contributed by atoms with Gasteiger partial charge in [-0.05, 0) is 39.2 Å². The maximum atomic E-state index is 5.80. The van der Waals surface area contributed by atoms with E-state index in [1.54, 1.807) is 7.11 Å². The van der Waals surface area contributed by atoms with Crippen LogP contribution < -0.4 is 11.1 Å². The zero-order valence-corrected chi connectivity index (χ0v) is 14.7. The Bertz CT molecular complexity index is 261. The van der Waals surface area contributed by atoms with E-state index in [1.165, 1.54) is 19.4 Å². The van der Waals surface area contributed by atoms with Crippen LogP contribution in [-0.2, 0) is 4.74 Å². The van der Waals surface area contributed by atoms with Gasteiger partial charge in [0, 0.05) is 32.8 Å². The molecular formula is C13H29IN4O. The number of nitrogens with two attached hydrogens (primary N) is 1. The summed E-state index contributed by atoms with van der Waals surface area (Å²) in [7, 11) is 1.68. The SMILES string of the molecule is COCCNC(N)=NCC1CCCN(C(C)C)C1.I. The van der Waals surface area contributed by atoms with Crippen LogP contribution in [0.5, 0.6) is 0 Å². The number of hydrogen-bond acceptors (Lipinski definition) is 3. The van der Waals surface area contributed by atoms with E-state index in [1.807, 2.05) is 0 Å². The Morgan fingerprint density at radius 2 is 2.26 bits per heavy atom. The Morgan fingerprint density at radius 1 is 1.53 bits per heavy atom. The van der Waals surface area contributed by atoms with E-state index in [-0.39, 0.29) is 24.0 Å². The van der Waals surface area contributed by atoms with Gasteiger partial charge in [-0.1, -0.05) is 0 Å². The molecule has 0 amide bonds. The zero-order chi connectivity index (χ0) is 13.4. The first-order valence-electron chi connectivity index (χ1n) is 6.90. The van der Waals surface area contributed by atoms with Crippen molar-refractivity contribution in [2.75, 3.05) is 39.9 Å². The van der Waals surface area contributed by atoms with E-state index in [9.17, 15) is 0 Å². The van der Waals surface area contributed by atoms with Gasteiger partial charge in [0.25, 0.3) is 0 Å². The Hall–Kier alpha value is -0.0800. The summed E-state index contributed by atoms with van der Waals surface area (Å²) in [6.45, 7) is 9.08. The average molecular weight is 384 g/mol. The number of aliphatic imine (C=N–C) groups is 1. The van der Waals surface area contributed by atoms with Crippen molar-refractivity contribution in [3.05, 3.63) is 0 Å². The number of piperidine rings is 1. The topological polar surface area (TPSA) is 62.9 Å².